The second-order valence-electron chi connectivity index (χ2n) is 4.36. The van der Waals surface area contributed by atoms with Crippen molar-refractivity contribution in [1.82, 2.24) is 10.3 Å². The largest absolute Gasteiger partial charge is 0.351 e. The Labute approximate surface area is 87.7 Å². The van der Waals surface area contributed by atoms with Gasteiger partial charge < -0.3 is 5.32 Å². The number of aromatic nitrogens is 1. The van der Waals surface area contributed by atoms with Gasteiger partial charge in [-0.1, -0.05) is 6.92 Å². The first-order chi connectivity index (χ1) is 7.09. The number of hydrogen-bond acceptors (Lipinski definition) is 2. The molecule has 1 aliphatic rings. The minimum Gasteiger partial charge on any atom is -0.351 e. The van der Waals surface area contributed by atoms with Gasteiger partial charge in [0.15, 0.2) is 0 Å². The Bertz CT molecular complexity index is 388. The molecule has 1 heterocycles. The third-order valence-corrected chi connectivity index (χ3v) is 2.77. The summed E-state index contributed by atoms with van der Waals surface area (Å²) in [5.41, 5.74) is 0.591. The molecule has 80 valence electrons. The van der Waals surface area contributed by atoms with E-state index in [2.05, 4.69) is 17.2 Å². The molecule has 1 amide bonds. The molecule has 0 aromatic carbocycles. The quantitative estimate of drug-likeness (QED) is 0.769. The van der Waals surface area contributed by atoms with E-state index in [0.29, 0.717) is 12.1 Å². The van der Waals surface area contributed by atoms with Crippen LogP contribution in [0.5, 0.6) is 0 Å². The van der Waals surface area contributed by atoms with Crippen molar-refractivity contribution in [3.8, 4) is 0 Å². The molecule has 1 fully saturated rings. The number of amides is 1. The van der Waals surface area contributed by atoms with Gasteiger partial charge in [-0.15, -0.1) is 0 Å². The summed E-state index contributed by atoms with van der Waals surface area (Å²) < 4.78 is 12.7. The predicted molar refractivity (Wildman–Crippen MR) is 53.9 cm³/mol. The third kappa shape index (κ3) is 2.52. The molecule has 0 saturated heterocycles. The topological polar surface area (TPSA) is 42.0 Å². The van der Waals surface area contributed by atoms with Crippen LogP contribution in [0.2, 0.25) is 0 Å². The Morgan fingerprint density at radius 1 is 1.67 bits per heavy atom. The molecule has 3 nitrogen and oxygen atoms in total. The summed E-state index contributed by atoms with van der Waals surface area (Å²) in [4.78, 5) is 15.0. The van der Waals surface area contributed by atoms with Crippen molar-refractivity contribution in [3.05, 3.63) is 29.8 Å². The number of hydrogen-bond donors (Lipinski definition) is 1. The van der Waals surface area contributed by atoms with Gasteiger partial charge in [-0.25, -0.2) is 4.98 Å². The second kappa shape index (κ2) is 3.61. The van der Waals surface area contributed by atoms with Crippen molar-refractivity contribution in [2.24, 2.45) is 5.41 Å². The number of pyridine rings is 1. The third-order valence-electron chi connectivity index (χ3n) is 2.77. The molecule has 4 heteroatoms. The van der Waals surface area contributed by atoms with Gasteiger partial charge >= 0.3 is 0 Å². The average Bonchev–Trinajstić information content (AvgIpc) is 2.94. The molecular weight excluding hydrogens is 195 g/mol. The smallest absolute Gasteiger partial charge is 0.251 e. The molecule has 0 spiro atoms. The molecule has 0 radical (unpaired) electrons. The van der Waals surface area contributed by atoms with E-state index >= 15 is 0 Å². The van der Waals surface area contributed by atoms with E-state index in [-0.39, 0.29) is 11.3 Å². The van der Waals surface area contributed by atoms with Crippen molar-refractivity contribution < 1.29 is 9.18 Å². The Balaban J connectivity index is 1.95. The summed E-state index contributed by atoms with van der Waals surface area (Å²) >= 11 is 0. The highest BCUT2D eigenvalue weighted by molar-refractivity contribution is 5.94. The number of carbonyl (C=O) groups excluding carboxylic acids is 1. The standard InChI is InChI=1S/C11H13FN2O/c1-11(3-4-11)7-14-10(15)8-2-5-13-9(12)6-8/h2,5-6H,3-4,7H2,1H3,(H,14,15). The van der Waals surface area contributed by atoms with Crippen molar-refractivity contribution in [1.29, 1.82) is 0 Å². The molecular formula is C11H13FN2O. The molecule has 1 aromatic heterocycles. The van der Waals surface area contributed by atoms with Crippen molar-refractivity contribution in [2.45, 2.75) is 19.8 Å². The highest BCUT2D eigenvalue weighted by Crippen LogP contribution is 2.44. The number of carbonyl (C=O) groups is 1. The predicted octanol–water partition coefficient (Wildman–Crippen LogP) is 1.75. The Morgan fingerprint density at radius 3 is 3.00 bits per heavy atom. The molecule has 0 bridgehead atoms. The summed E-state index contributed by atoms with van der Waals surface area (Å²) in [6.45, 7) is 2.79. The SMILES string of the molecule is CC1(CNC(=O)c2ccnc(F)c2)CC1. The van der Waals surface area contributed by atoms with Gasteiger partial charge in [-0.05, 0) is 24.3 Å². The fraction of sp³-hybridized carbons (Fsp3) is 0.455. The highest BCUT2D eigenvalue weighted by atomic mass is 19.1. The van der Waals surface area contributed by atoms with Crippen LogP contribution in [0.3, 0.4) is 0 Å². The molecule has 1 aliphatic carbocycles. The van der Waals surface area contributed by atoms with E-state index in [1.54, 1.807) is 0 Å². The molecule has 2 rings (SSSR count). The molecule has 1 aromatic rings. The van der Waals surface area contributed by atoms with E-state index in [1.807, 2.05) is 0 Å². The van der Waals surface area contributed by atoms with Crippen LogP contribution in [-0.4, -0.2) is 17.4 Å². The van der Waals surface area contributed by atoms with Crippen LogP contribution in [0.1, 0.15) is 30.1 Å². The first-order valence-electron chi connectivity index (χ1n) is 4.99. The average molecular weight is 208 g/mol. The van der Waals surface area contributed by atoms with Gasteiger partial charge in [0.05, 0.1) is 0 Å². The van der Waals surface area contributed by atoms with Gasteiger partial charge in [0.2, 0.25) is 5.95 Å². The molecule has 0 atom stereocenters. The lowest BCUT2D eigenvalue weighted by Gasteiger charge is -2.09. The summed E-state index contributed by atoms with van der Waals surface area (Å²) in [6.07, 6.45) is 3.60. The molecule has 1 saturated carbocycles. The van der Waals surface area contributed by atoms with Gasteiger partial charge in [-0.2, -0.15) is 4.39 Å². The number of nitrogens with zero attached hydrogens (tertiary/aromatic N) is 1. The molecule has 0 aliphatic heterocycles. The minimum absolute atomic E-state index is 0.232. The summed E-state index contributed by atoms with van der Waals surface area (Å²) in [7, 11) is 0. The highest BCUT2D eigenvalue weighted by Gasteiger charge is 2.37. The first kappa shape index (κ1) is 10.1. The maximum atomic E-state index is 12.7. The van der Waals surface area contributed by atoms with E-state index in [4.69, 9.17) is 0 Å². The van der Waals surface area contributed by atoms with Crippen LogP contribution < -0.4 is 5.32 Å². The Morgan fingerprint density at radius 2 is 2.40 bits per heavy atom. The first-order valence-corrected chi connectivity index (χ1v) is 4.99. The van der Waals surface area contributed by atoms with Gasteiger partial charge in [0, 0.05) is 24.4 Å². The van der Waals surface area contributed by atoms with Crippen LogP contribution >= 0.6 is 0 Å². The molecule has 0 unspecified atom stereocenters. The van der Waals surface area contributed by atoms with Crippen LogP contribution in [0.15, 0.2) is 18.3 Å². The normalized spacial score (nSPS) is 17.2. The number of rotatable bonds is 3. The van der Waals surface area contributed by atoms with Gasteiger partial charge in [-0.3, -0.25) is 4.79 Å². The molecule has 1 N–H and O–H groups in total. The molecule has 15 heavy (non-hydrogen) atoms. The minimum atomic E-state index is -0.625. The van der Waals surface area contributed by atoms with E-state index in [9.17, 15) is 9.18 Å². The number of halogens is 1. The van der Waals surface area contributed by atoms with Crippen LogP contribution in [0.4, 0.5) is 4.39 Å². The lowest BCUT2D eigenvalue weighted by Crippen LogP contribution is -2.29. The monoisotopic (exact) mass is 208 g/mol. The van der Waals surface area contributed by atoms with E-state index in [0.717, 1.165) is 18.9 Å². The fourth-order valence-electron chi connectivity index (χ4n) is 1.33. The zero-order chi connectivity index (χ0) is 10.9. The van der Waals surface area contributed by atoms with E-state index < -0.39 is 5.95 Å². The lowest BCUT2D eigenvalue weighted by molar-refractivity contribution is 0.0945. The lowest BCUT2D eigenvalue weighted by atomic mass is 10.1. The van der Waals surface area contributed by atoms with Crippen LogP contribution in [0, 0.1) is 11.4 Å². The van der Waals surface area contributed by atoms with Crippen molar-refractivity contribution >= 4 is 5.91 Å². The number of nitrogens with one attached hydrogen (secondary N) is 1. The second-order valence-corrected chi connectivity index (χ2v) is 4.36. The fourth-order valence-corrected chi connectivity index (χ4v) is 1.33. The Hall–Kier alpha value is -1.45. The maximum Gasteiger partial charge on any atom is 0.251 e. The summed E-state index contributed by atoms with van der Waals surface area (Å²) in [5.74, 6) is -0.857. The van der Waals surface area contributed by atoms with Crippen molar-refractivity contribution in [3.63, 3.8) is 0 Å². The van der Waals surface area contributed by atoms with E-state index in [1.165, 1.54) is 12.3 Å². The zero-order valence-electron chi connectivity index (χ0n) is 8.59. The van der Waals surface area contributed by atoms with Crippen LogP contribution in [0.25, 0.3) is 0 Å². The van der Waals surface area contributed by atoms with Crippen molar-refractivity contribution in [2.75, 3.05) is 6.54 Å². The summed E-state index contributed by atoms with van der Waals surface area (Å²) in [6, 6.07) is 2.65. The maximum absolute atomic E-state index is 12.7. The van der Waals surface area contributed by atoms with Crippen LogP contribution in [-0.2, 0) is 0 Å². The summed E-state index contributed by atoms with van der Waals surface area (Å²) in [5, 5.41) is 2.80. The van der Waals surface area contributed by atoms with Gasteiger partial charge in [0.1, 0.15) is 0 Å². The Kier molecular flexibility index (Phi) is 2.42. The zero-order valence-corrected chi connectivity index (χ0v) is 8.59. The van der Waals surface area contributed by atoms with Gasteiger partial charge in [0.25, 0.3) is 5.91 Å².